The largest absolute Gasteiger partial charge is 0.468 e. The van der Waals surface area contributed by atoms with Crippen molar-refractivity contribution in [2.45, 2.75) is 297 Å². The molecular weight excluding hydrogens is 847 g/mol. The molecule has 0 aromatic rings. The lowest BCUT2D eigenvalue weighted by Gasteiger charge is -2.18. The molecule has 1 fully saturated rings. The summed E-state index contributed by atoms with van der Waals surface area (Å²) >= 11 is 0. The third-order valence-electron chi connectivity index (χ3n) is 12.7. The minimum atomic E-state index is -0.0269. The molecule has 1 rings (SSSR count). The quantitative estimate of drug-likeness (QED) is 0.0148. The molecule has 397 valence electrons. The third kappa shape index (κ3) is 52.9. The van der Waals surface area contributed by atoms with Crippen molar-refractivity contribution in [3.8, 4) is 0 Å². The van der Waals surface area contributed by atoms with Crippen LogP contribution < -0.4 is 0 Å². The molecule has 10 heteroatoms. The number of aliphatic imine (C=N–C) groups is 1. The van der Waals surface area contributed by atoms with Crippen LogP contribution in [-0.2, 0) is 33.4 Å². The van der Waals surface area contributed by atoms with E-state index >= 15 is 0 Å². The van der Waals surface area contributed by atoms with Gasteiger partial charge in [-0.05, 0) is 116 Å². The van der Waals surface area contributed by atoms with E-state index < -0.39 is 0 Å². The first-order chi connectivity index (χ1) is 33.3. The van der Waals surface area contributed by atoms with Gasteiger partial charge in [0.15, 0.2) is 0 Å². The summed E-state index contributed by atoms with van der Waals surface area (Å²) in [5.74, 6) is 0.405. The zero-order valence-electron chi connectivity index (χ0n) is 45.7. The Bertz CT molecular complexity index is 1140. The van der Waals surface area contributed by atoms with Gasteiger partial charge in [0, 0.05) is 25.3 Å². The Balaban J connectivity index is 0. The van der Waals surface area contributed by atoms with Crippen molar-refractivity contribution in [1.29, 1.82) is 0 Å². The fourth-order valence-corrected chi connectivity index (χ4v) is 8.45. The molecule has 0 amide bonds. The number of likely N-dealkylation sites (tertiary alicyclic amines) is 1. The van der Waals surface area contributed by atoms with E-state index in [-0.39, 0.29) is 18.0 Å². The molecule has 68 heavy (non-hydrogen) atoms. The van der Waals surface area contributed by atoms with Gasteiger partial charge in [-0.25, -0.2) is 0 Å². The van der Waals surface area contributed by atoms with Crippen LogP contribution in [0, 0.1) is 0 Å². The normalized spacial score (nSPS) is 13.6. The predicted octanol–water partition coefficient (Wildman–Crippen LogP) is 16.4. The Morgan fingerprint density at radius 2 is 1.07 bits per heavy atom. The predicted molar refractivity (Wildman–Crippen MR) is 291 cm³/mol. The highest BCUT2D eigenvalue weighted by Gasteiger charge is 2.25. The van der Waals surface area contributed by atoms with E-state index in [1.807, 2.05) is 26.5 Å². The first-order valence-electron chi connectivity index (χ1n) is 28.9. The van der Waals surface area contributed by atoms with Gasteiger partial charge in [-0.15, -0.1) is 0 Å². The van der Waals surface area contributed by atoms with Crippen LogP contribution in [0.15, 0.2) is 17.3 Å². The molecule has 1 aliphatic heterocycles. The highest BCUT2D eigenvalue weighted by Crippen LogP contribution is 2.22. The van der Waals surface area contributed by atoms with Crippen LogP contribution in [0.5, 0.6) is 0 Å². The van der Waals surface area contributed by atoms with Crippen LogP contribution in [0.3, 0.4) is 0 Å². The van der Waals surface area contributed by atoms with Crippen LogP contribution in [0.2, 0.25) is 5.82 Å². The lowest BCUT2D eigenvalue weighted by molar-refractivity contribution is -0.150. The molecule has 1 saturated heterocycles. The third-order valence-corrected chi connectivity index (χ3v) is 12.7. The standard InChI is InChI=1S/C26H49BNO3.C26H50O4.C6H11N/c1-3-5-7-8-9-10-11-12-16-22-31-26(30)18-14-13-15-20-28-21-19-24(23-28)27-25(29)17-6-4-2;1-3-5-7-9-12-16-20-25(21-17-13-10-8-6-4-2)30-26(28)22-18-14-11-15-19-23-29-24-27;1-3-5-7-6-4-2/h24H,3-23H2,1-2H3;24-25H,3-23H2,1-2H3;3,5-6H,4H2,1-2H3/b;;5-3-,7-6?. The van der Waals surface area contributed by atoms with Crippen LogP contribution in [-0.4, -0.2) is 81.4 Å². The number of carbonyl (C=O) groups excluding carboxylic acids is 4. The number of unbranched alkanes of at least 4 members (excludes halogenated alkanes) is 25. The summed E-state index contributed by atoms with van der Waals surface area (Å²) in [5, 5.41) is 0. The molecule has 0 aromatic carbocycles. The smallest absolute Gasteiger partial charge is 0.306 e. The van der Waals surface area contributed by atoms with Gasteiger partial charge in [-0.2, -0.15) is 0 Å². The minimum absolute atomic E-state index is 0.0127. The summed E-state index contributed by atoms with van der Waals surface area (Å²) in [6.45, 7) is 17.7. The number of hydrogen-bond acceptors (Lipinski definition) is 9. The highest BCUT2D eigenvalue weighted by molar-refractivity contribution is 6.75. The summed E-state index contributed by atoms with van der Waals surface area (Å²) in [5.41, 5.74) is 0.328. The fourth-order valence-electron chi connectivity index (χ4n) is 8.45. The maximum absolute atomic E-state index is 12.3. The van der Waals surface area contributed by atoms with Crippen molar-refractivity contribution in [3.63, 3.8) is 0 Å². The van der Waals surface area contributed by atoms with Crippen molar-refractivity contribution in [3.05, 3.63) is 12.3 Å². The van der Waals surface area contributed by atoms with E-state index in [4.69, 9.17) is 9.47 Å². The molecule has 1 aliphatic rings. The second kappa shape index (κ2) is 57.1. The van der Waals surface area contributed by atoms with Crippen molar-refractivity contribution in [1.82, 2.24) is 4.90 Å². The van der Waals surface area contributed by atoms with Gasteiger partial charge < -0.3 is 23.9 Å². The second-order valence-electron chi connectivity index (χ2n) is 19.4. The number of carbonyl (C=O) groups is 4. The molecule has 9 nitrogen and oxygen atoms in total. The average molecular weight is 958 g/mol. The molecule has 0 N–H and O–H groups in total. The van der Waals surface area contributed by atoms with Crippen LogP contribution in [0.4, 0.5) is 0 Å². The van der Waals surface area contributed by atoms with Crippen LogP contribution >= 0.6 is 0 Å². The lowest BCUT2D eigenvalue weighted by atomic mass is 9.59. The van der Waals surface area contributed by atoms with E-state index in [0.29, 0.717) is 50.4 Å². The average Bonchev–Trinajstić information content (AvgIpc) is 3.78. The van der Waals surface area contributed by atoms with Gasteiger partial charge in [-0.1, -0.05) is 188 Å². The Morgan fingerprint density at radius 3 is 1.60 bits per heavy atom. The Morgan fingerprint density at radius 1 is 0.588 bits per heavy atom. The van der Waals surface area contributed by atoms with Crippen molar-refractivity contribution < 1.29 is 33.4 Å². The van der Waals surface area contributed by atoms with Crippen molar-refractivity contribution in [2.75, 3.05) is 32.8 Å². The number of allylic oxidation sites excluding steroid dienone is 1. The Kier molecular flexibility index (Phi) is 56.8. The number of nitrogens with zero attached hydrogens (tertiary/aromatic N) is 2. The van der Waals surface area contributed by atoms with E-state index in [9.17, 15) is 19.2 Å². The number of hydrogen-bond donors (Lipinski definition) is 0. The Hall–Kier alpha value is -2.49. The maximum Gasteiger partial charge on any atom is 0.306 e. The molecule has 1 unspecified atom stereocenters. The summed E-state index contributed by atoms with van der Waals surface area (Å²) in [4.78, 5) is 52.5. The van der Waals surface area contributed by atoms with E-state index in [0.717, 1.165) is 116 Å². The van der Waals surface area contributed by atoms with Gasteiger partial charge in [0.05, 0.1) is 18.9 Å². The van der Waals surface area contributed by atoms with Gasteiger partial charge in [0.2, 0.25) is 7.28 Å². The topological polar surface area (TPSA) is 112 Å². The summed E-state index contributed by atoms with van der Waals surface area (Å²) in [6, 6.07) is 0. The fraction of sp³-hybridized carbons (Fsp3) is 0.879. The molecule has 0 bridgehead atoms. The zero-order chi connectivity index (χ0) is 50.2. The summed E-state index contributed by atoms with van der Waals surface area (Å²) in [7, 11) is 1.97. The van der Waals surface area contributed by atoms with Gasteiger partial charge in [0.1, 0.15) is 6.10 Å². The molecule has 0 aromatic heterocycles. The molecule has 1 radical (unpaired) electrons. The van der Waals surface area contributed by atoms with Gasteiger partial charge in [-0.3, -0.25) is 19.4 Å². The maximum atomic E-state index is 12.3. The molecular formula is C58H110BN2O7. The van der Waals surface area contributed by atoms with Gasteiger partial charge >= 0.3 is 11.9 Å². The monoisotopic (exact) mass is 958 g/mol. The molecule has 0 spiro atoms. The summed E-state index contributed by atoms with van der Waals surface area (Å²) < 4.78 is 15.9. The molecule has 0 aliphatic carbocycles. The van der Waals surface area contributed by atoms with E-state index in [2.05, 4.69) is 49.2 Å². The molecule has 1 atom stereocenters. The van der Waals surface area contributed by atoms with Crippen LogP contribution in [0.1, 0.15) is 286 Å². The number of esters is 2. The first kappa shape index (κ1) is 67.6. The summed E-state index contributed by atoms with van der Waals surface area (Å²) in [6.07, 6.45) is 48.8. The van der Waals surface area contributed by atoms with Crippen molar-refractivity contribution in [2.24, 2.45) is 4.99 Å². The molecule has 0 saturated carbocycles. The van der Waals surface area contributed by atoms with Gasteiger partial charge in [0.25, 0.3) is 6.47 Å². The minimum Gasteiger partial charge on any atom is -0.468 e. The zero-order valence-corrected chi connectivity index (χ0v) is 45.7. The number of ether oxygens (including phenoxy) is 3. The van der Waals surface area contributed by atoms with Crippen molar-refractivity contribution >= 4 is 37.6 Å². The number of rotatable bonds is 47. The van der Waals surface area contributed by atoms with E-state index in [1.165, 1.54) is 128 Å². The molecule has 1 heterocycles. The lowest BCUT2D eigenvalue weighted by Crippen LogP contribution is -2.23. The second-order valence-corrected chi connectivity index (χ2v) is 19.4. The van der Waals surface area contributed by atoms with E-state index in [1.54, 1.807) is 6.20 Å². The van der Waals surface area contributed by atoms with Crippen LogP contribution in [0.25, 0.3) is 0 Å². The first-order valence-corrected chi connectivity index (χ1v) is 28.9. The Labute approximate surface area is 421 Å². The highest BCUT2D eigenvalue weighted by atomic mass is 16.5. The SMILES string of the molecule is C/C=C\N=CCC.CCCCCCCCC(CCCCCCCC)OC(=O)CCCCCCCOC=O.CCCCCCCCCCCOC(=O)CCCCCN1CCC([B]C(=O)CCCC)C1.